The number of halogens is 1. The lowest BCUT2D eigenvalue weighted by Gasteiger charge is -2.08. The van der Waals surface area contributed by atoms with Gasteiger partial charge in [0.1, 0.15) is 18.1 Å². The van der Waals surface area contributed by atoms with Crippen LogP contribution in [0.4, 0.5) is 0 Å². The average Bonchev–Trinajstić information content (AvgIpc) is 2.51. The number of ether oxygens (including phenoxy) is 2. The Bertz CT molecular complexity index is 616. The van der Waals surface area contributed by atoms with Crippen LogP contribution in [-0.2, 0) is 0 Å². The van der Waals surface area contributed by atoms with Crippen LogP contribution in [0.1, 0.15) is 10.4 Å². The Kier molecular flexibility index (Phi) is 5.46. The molecule has 0 aromatic heterocycles. The lowest BCUT2D eigenvalue weighted by Crippen LogP contribution is -2.28. The number of carbonyl (C=O) groups excluding carboxylic acids is 1. The highest BCUT2D eigenvalue weighted by Crippen LogP contribution is 2.16. The maximum atomic E-state index is 11.9. The van der Waals surface area contributed by atoms with Gasteiger partial charge in [-0.1, -0.05) is 23.7 Å². The molecule has 0 spiro atoms. The van der Waals surface area contributed by atoms with Crippen LogP contribution >= 0.6 is 11.6 Å². The average molecular weight is 306 g/mol. The summed E-state index contributed by atoms with van der Waals surface area (Å²) in [6.07, 6.45) is 0. The van der Waals surface area contributed by atoms with Gasteiger partial charge in [0.25, 0.3) is 5.91 Å². The first kappa shape index (κ1) is 15.2. The van der Waals surface area contributed by atoms with E-state index in [0.717, 1.165) is 0 Å². The molecule has 1 N–H and O–H groups in total. The lowest BCUT2D eigenvalue weighted by atomic mass is 10.2. The molecule has 0 radical (unpaired) electrons. The molecule has 2 aromatic rings. The number of benzene rings is 2. The Morgan fingerprint density at radius 3 is 2.67 bits per heavy atom. The van der Waals surface area contributed by atoms with Gasteiger partial charge in [0.05, 0.1) is 13.7 Å². The molecule has 0 aliphatic rings. The Balaban J connectivity index is 1.79. The van der Waals surface area contributed by atoms with Crippen molar-refractivity contribution in [1.29, 1.82) is 0 Å². The molecule has 0 bridgehead atoms. The maximum Gasteiger partial charge on any atom is 0.251 e. The summed E-state index contributed by atoms with van der Waals surface area (Å²) in [6, 6.07) is 14.1. The summed E-state index contributed by atoms with van der Waals surface area (Å²) in [5.74, 6) is 1.17. The van der Waals surface area contributed by atoms with E-state index in [1.807, 2.05) is 12.1 Å². The Hall–Kier alpha value is -2.20. The molecular weight excluding hydrogens is 290 g/mol. The first-order valence-corrected chi connectivity index (χ1v) is 6.87. The molecule has 110 valence electrons. The Labute approximate surface area is 128 Å². The number of nitrogens with one attached hydrogen (secondary N) is 1. The smallest absolute Gasteiger partial charge is 0.251 e. The predicted octanol–water partition coefficient (Wildman–Crippen LogP) is 3.16. The van der Waals surface area contributed by atoms with E-state index in [2.05, 4.69) is 5.32 Å². The fourth-order valence-corrected chi connectivity index (χ4v) is 1.94. The van der Waals surface area contributed by atoms with Crippen molar-refractivity contribution in [1.82, 2.24) is 5.32 Å². The monoisotopic (exact) mass is 305 g/mol. The second-order valence-electron chi connectivity index (χ2n) is 4.29. The largest absolute Gasteiger partial charge is 0.497 e. The number of hydrogen-bond acceptors (Lipinski definition) is 3. The number of hydrogen-bond donors (Lipinski definition) is 1. The first-order valence-electron chi connectivity index (χ1n) is 6.49. The molecule has 0 saturated carbocycles. The second kappa shape index (κ2) is 7.55. The van der Waals surface area contributed by atoms with E-state index in [1.165, 1.54) is 0 Å². The third kappa shape index (κ3) is 4.68. The van der Waals surface area contributed by atoms with Gasteiger partial charge in [0.15, 0.2) is 0 Å². The van der Waals surface area contributed by atoms with E-state index < -0.39 is 0 Å². The molecule has 2 aromatic carbocycles. The molecule has 21 heavy (non-hydrogen) atoms. The Morgan fingerprint density at radius 2 is 1.90 bits per heavy atom. The van der Waals surface area contributed by atoms with E-state index in [9.17, 15) is 4.79 Å². The zero-order chi connectivity index (χ0) is 15.1. The SMILES string of the molecule is COc1cccc(C(=O)NCCOc2cccc(Cl)c2)c1. The summed E-state index contributed by atoms with van der Waals surface area (Å²) in [4.78, 5) is 11.9. The minimum Gasteiger partial charge on any atom is -0.497 e. The van der Waals surface area contributed by atoms with E-state index in [4.69, 9.17) is 21.1 Å². The van der Waals surface area contributed by atoms with Crippen molar-refractivity contribution < 1.29 is 14.3 Å². The van der Waals surface area contributed by atoms with Gasteiger partial charge in [-0.3, -0.25) is 4.79 Å². The van der Waals surface area contributed by atoms with Gasteiger partial charge in [-0.2, -0.15) is 0 Å². The number of amides is 1. The zero-order valence-corrected chi connectivity index (χ0v) is 12.4. The van der Waals surface area contributed by atoms with Crippen LogP contribution in [0.15, 0.2) is 48.5 Å². The van der Waals surface area contributed by atoms with Crippen LogP contribution in [0, 0.1) is 0 Å². The molecular formula is C16H16ClNO3. The highest BCUT2D eigenvalue weighted by Gasteiger charge is 2.05. The number of rotatable bonds is 6. The van der Waals surface area contributed by atoms with Crippen molar-refractivity contribution >= 4 is 17.5 Å². The highest BCUT2D eigenvalue weighted by molar-refractivity contribution is 6.30. The van der Waals surface area contributed by atoms with Gasteiger partial charge in [0, 0.05) is 10.6 Å². The lowest BCUT2D eigenvalue weighted by molar-refractivity contribution is 0.0946. The highest BCUT2D eigenvalue weighted by atomic mass is 35.5. The molecule has 4 nitrogen and oxygen atoms in total. The van der Waals surface area contributed by atoms with Crippen molar-refractivity contribution in [2.75, 3.05) is 20.3 Å². The quantitative estimate of drug-likeness (QED) is 0.834. The summed E-state index contributed by atoms with van der Waals surface area (Å²) < 4.78 is 10.6. The van der Waals surface area contributed by atoms with E-state index in [-0.39, 0.29) is 5.91 Å². The first-order chi connectivity index (χ1) is 10.2. The van der Waals surface area contributed by atoms with Crippen LogP contribution in [0.25, 0.3) is 0 Å². The maximum absolute atomic E-state index is 11.9. The van der Waals surface area contributed by atoms with E-state index in [0.29, 0.717) is 35.2 Å². The van der Waals surface area contributed by atoms with Crippen molar-refractivity contribution in [3.8, 4) is 11.5 Å². The van der Waals surface area contributed by atoms with Gasteiger partial charge in [0.2, 0.25) is 0 Å². The summed E-state index contributed by atoms with van der Waals surface area (Å²) >= 11 is 5.86. The van der Waals surface area contributed by atoms with Gasteiger partial charge in [-0.25, -0.2) is 0 Å². The normalized spacial score (nSPS) is 10.0. The van der Waals surface area contributed by atoms with Crippen molar-refractivity contribution in [3.63, 3.8) is 0 Å². The van der Waals surface area contributed by atoms with Crippen LogP contribution in [-0.4, -0.2) is 26.2 Å². The van der Waals surface area contributed by atoms with Gasteiger partial charge in [-0.15, -0.1) is 0 Å². The molecule has 0 fully saturated rings. The molecule has 0 heterocycles. The Morgan fingerprint density at radius 1 is 1.14 bits per heavy atom. The fourth-order valence-electron chi connectivity index (χ4n) is 1.76. The van der Waals surface area contributed by atoms with E-state index >= 15 is 0 Å². The number of carbonyl (C=O) groups is 1. The summed E-state index contributed by atoms with van der Waals surface area (Å²) in [5, 5.41) is 3.40. The van der Waals surface area contributed by atoms with Crippen molar-refractivity contribution in [2.24, 2.45) is 0 Å². The van der Waals surface area contributed by atoms with Crippen molar-refractivity contribution in [3.05, 3.63) is 59.1 Å². The van der Waals surface area contributed by atoms with Gasteiger partial charge in [-0.05, 0) is 36.4 Å². The standard InChI is InChI=1S/C16H16ClNO3/c1-20-14-6-2-4-12(10-14)16(19)18-8-9-21-15-7-3-5-13(17)11-15/h2-7,10-11H,8-9H2,1H3,(H,18,19). The molecule has 0 saturated heterocycles. The molecule has 1 amide bonds. The minimum absolute atomic E-state index is 0.163. The third-order valence-corrected chi connectivity index (χ3v) is 3.02. The minimum atomic E-state index is -0.163. The zero-order valence-electron chi connectivity index (χ0n) is 11.6. The topological polar surface area (TPSA) is 47.6 Å². The van der Waals surface area contributed by atoms with Crippen LogP contribution in [0.3, 0.4) is 0 Å². The van der Waals surface area contributed by atoms with Gasteiger partial charge < -0.3 is 14.8 Å². The molecule has 0 aliphatic heterocycles. The summed E-state index contributed by atoms with van der Waals surface area (Å²) in [6.45, 7) is 0.776. The molecule has 2 rings (SSSR count). The van der Waals surface area contributed by atoms with Crippen LogP contribution < -0.4 is 14.8 Å². The fraction of sp³-hybridized carbons (Fsp3) is 0.188. The molecule has 0 aliphatic carbocycles. The van der Waals surface area contributed by atoms with E-state index in [1.54, 1.807) is 43.5 Å². The predicted molar refractivity (Wildman–Crippen MR) is 82.3 cm³/mol. The second-order valence-corrected chi connectivity index (χ2v) is 4.73. The molecule has 0 atom stereocenters. The molecule has 0 unspecified atom stereocenters. The number of methoxy groups -OCH3 is 1. The molecule has 5 heteroatoms. The summed E-state index contributed by atoms with van der Waals surface area (Å²) in [7, 11) is 1.57. The van der Waals surface area contributed by atoms with Crippen LogP contribution in [0.5, 0.6) is 11.5 Å². The van der Waals surface area contributed by atoms with Crippen molar-refractivity contribution in [2.45, 2.75) is 0 Å². The third-order valence-electron chi connectivity index (χ3n) is 2.78. The van der Waals surface area contributed by atoms with Crippen LogP contribution in [0.2, 0.25) is 5.02 Å². The summed E-state index contributed by atoms with van der Waals surface area (Å²) in [5.41, 5.74) is 0.553. The van der Waals surface area contributed by atoms with Gasteiger partial charge >= 0.3 is 0 Å².